The maximum Gasteiger partial charge on any atom is 0.226 e. The second-order valence-electron chi connectivity index (χ2n) is 4.63. The molecule has 2 atom stereocenters. The number of hydrogen-bond donors (Lipinski definition) is 2. The SMILES string of the molecule is O=C(Cc1ccccn1)NCC1CCC(O)C1. The van der Waals surface area contributed by atoms with Crippen LogP contribution in [-0.4, -0.2) is 28.6 Å². The van der Waals surface area contributed by atoms with Gasteiger partial charge in [-0.3, -0.25) is 9.78 Å². The van der Waals surface area contributed by atoms with Crippen LogP contribution in [-0.2, 0) is 11.2 Å². The molecule has 1 amide bonds. The molecule has 0 spiro atoms. The van der Waals surface area contributed by atoms with Gasteiger partial charge in [-0.15, -0.1) is 0 Å². The van der Waals surface area contributed by atoms with Crippen molar-refractivity contribution < 1.29 is 9.90 Å². The number of carbonyl (C=O) groups excluding carboxylic acids is 1. The molecule has 1 saturated carbocycles. The number of aliphatic hydroxyl groups excluding tert-OH is 1. The standard InChI is InChI=1S/C13H18N2O2/c16-12-5-4-10(7-12)9-15-13(17)8-11-3-1-2-6-14-11/h1-3,6,10,12,16H,4-5,7-9H2,(H,15,17). The van der Waals surface area contributed by atoms with Crippen LogP contribution < -0.4 is 5.32 Å². The minimum Gasteiger partial charge on any atom is -0.393 e. The van der Waals surface area contributed by atoms with Gasteiger partial charge in [0.05, 0.1) is 12.5 Å². The summed E-state index contributed by atoms with van der Waals surface area (Å²) in [6.07, 6.45) is 4.52. The zero-order chi connectivity index (χ0) is 12.1. The van der Waals surface area contributed by atoms with Gasteiger partial charge in [0.15, 0.2) is 0 Å². The molecule has 1 aromatic rings. The molecule has 17 heavy (non-hydrogen) atoms. The summed E-state index contributed by atoms with van der Waals surface area (Å²) in [5, 5.41) is 12.3. The van der Waals surface area contributed by atoms with Gasteiger partial charge < -0.3 is 10.4 Å². The molecule has 4 heteroatoms. The maximum absolute atomic E-state index is 11.6. The molecule has 0 aliphatic heterocycles. The minimum atomic E-state index is -0.173. The first kappa shape index (κ1) is 12.0. The predicted octanol–water partition coefficient (Wildman–Crippen LogP) is 0.901. The number of carbonyl (C=O) groups is 1. The minimum absolute atomic E-state index is 0.00471. The average molecular weight is 234 g/mol. The van der Waals surface area contributed by atoms with Crippen molar-refractivity contribution in [3.63, 3.8) is 0 Å². The van der Waals surface area contributed by atoms with Gasteiger partial charge in [-0.05, 0) is 37.3 Å². The van der Waals surface area contributed by atoms with Crippen LogP contribution in [0.15, 0.2) is 24.4 Å². The number of amides is 1. The van der Waals surface area contributed by atoms with E-state index in [2.05, 4.69) is 10.3 Å². The highest BCUT2D eigenvalue weighted by atomic mass is 16.3. The van der Waals surface area contributed by atoms with E-state index in [1.54, 1.807) is 6.20 Å². The van der Waals surface area contributed by atoms with Crippen LogP contribution in [0.1, 0.15) is 25.0 Å². The molecule has 2 unspecified atom stereocenters. The summed E-state index contributed by atoms with van der Waals surface area (Å²) >= 11 is 0. The van der Waals surface area contributed by atoms with Gasteiger partial charge in [-0.2, -0.15) is 0 Å². The first-order valence-electron chi connectivity index (χ1n) is 6.08. The zero-order valence-corrected chi connectivity index (χ0v) is 9.80. The Labute approximate surface area is 101 Å². The third-order valence-corrected chi connectivity index (χ3v) is 3.17. The van der Waals surface area contributed by atoms with E-state index in [4.69, 9.17) is 0 Å². The van der Waals surface area contributed by atoms with Crippen LogP contribution in [0.3, 0.4) is 0 Å². The van der Waals surface area contributed by atoms with Crippen molar-refractivity contribution in [3.8, 4) is 0 Å². The van der Waals surface area contributed by atoms with E-state index in [0.29, 0.717) is 18.9 Å². The highest BCUT2D eigenvalue weighted by molar-refractivity contribution is 5.78. The van der Waals surface area contributed by atoms with Gasteiger partial charge in [0.25, 0.3) is 0 Å². The first-order valence-corrected chi connectivity index (χ1v) is 6.08. The summed E-state index contributed by atoms with van der Waals surface area (Å²) in [5.74, 6) is 0.433. The zero-order valence-electron chi connectivity index (χ0n) is 9.80. The van der Waals surface area contributed by atoms with Crippen molar-refractivity contribution in [2.75, 3.05) is 6.54 Å². The Kier molecular flexibility index (Phi) is 4.09. The highest BCUT2D eigenvalue weighted by Gasteiger charge is 2.22. The number of hydrogen-bond acceptors (Lipinski definition) is 3. The van der Waals surface area contributed by atoms with Crippen molar-refractivity contribution >= 4 is 5.91 Å². The lowest BCUT2D eigenvalue weighted by Gasteiger charge is -2.10. The van der Waals surface area contributed by atoms with Crippen LogP contribution in [0, 0.1) is 5.92 Å². The van der Waals surface area contributed by atoms with E-state index in [9.17, 15) is 9.90 Å². The normalized spacial score (nSPS) is 23.6. The van der Waals surface area contributed by atoms with Gasteiger partial charge >= 0.3 is 0 Å². The topological polar surface area (TPSA) is 62.2 Å². The number of pyridine rings is 1. The molecule has 0 bridgehead atoms. The van der Waals surface area contributed by atoms with E-state index in [1.807, 2.05) is 18.2 Å². The Morgan fingerprint density at radius 3 is 3.00 bits per heavy atom. The van der Waals surface area contributed by atoms with Crippen LogP contribution in [0.4, 0.5) is 0 Å². The molecule has 1 heterocycles. The van der Waals surface area contributed by atoms with Crippen molar-refractivity contribution in [1.29, 1.82) is 0 Å². The smallest absolute Gasteiger partial charge is 0.226 e. The highest BCUT2D eigenvalue weighted by Crippen LogP contribution is 2.24. The van der Waals surface area contributed by atoms with Crippen LogP contribution >= 0.6 is 0 Å². The lowest BCUT2D eigenvalue weighted by molar-refractivity contribution is -0.120. The van der Waals surface area contributed by atoms with Crippen molar-refractivity contribution in [2.24, 2.45) is 5.92 Å². The quantitative estimate of drug-likeness (QED) is 0.813. The molecule has 1 aliphatic carbocycles. The third-order valence-electron chi connectivity index (χ3n) is 3.17. The van der Waals surface area contributed by atoms with E-state index < -0.39 is 0 Å². The fraction of sp³-hybridized carbons (Fsp3) is 0.538. The molecule has 0 saturated heterocycles. The largest absolute Gasteiger partial charge is 0.393 e. The Bertz CT molecular complexity index is 367. The molecular formula is C13H18N2O2. The van der Waals surface area contributed by atoms with Crippen molar-refractivity contribution in [2.45, 2.75) is 31.8 Å². The Morgan fingerprint density at radius 1 is 1.47 bits per heavy atom. The lowest BCUT2D eigenvalue weighted by Crippen LogP contribution is -2.30. The second kappa shape index (κ2) is 5.77. The maximum atomic E-state index is 11.6. The number of nitrogens with one attached hydrogen (secondary N) is 1. The Balaban J connectivity index is 1.71. The molecule has 1 fully saturated rings. The van der Waals surface area contributed by atoms with E-state index >= 15 is 0 Å². The molecule has 1 aromatic heterocycles. The fourth-order valence-electron chi connectivity index (χ4n) is 2.22. The Morgan fingerprint density at radius 2 is 2.35 bits per heavy atom. The summed E-state index contributed by atoms with van der Waals surface area (Å²) in [7, 11) is 0. The van der Waals surface area contributed by atoms with Crippen molar-refractivity contribution in [1.82, 2.24) is 10.3 Å². The van der Waals surface area contributed by atoms with Gasteiger partial charge in [-0.25, -0.2) is 0 Å². The molecule has 2 N–H and O–H groups in total. The number of aromatic nitrogens is 1. The van der Waals surface area contributed by atoms with E-state index in [1.165, 1.54) is 0 Å². The monoisotopic (exact) mass is 234 g/mol. The van der Waals surface area contributed by atoms with E-state index in [-0.39, 0.29) is 12.0 Å². The van der Waals surface area contributed by atoms with E-state index in [0.717, 1.165) is 25.0 Å². The average Bonchev–Trinajstić information content (AvgIpc) is 2.74. The molecule has 1 aliphatic rings. The Hall–Kier alpha value is -1.42. The fourth-order valence-corrected chi connectivity index (χ4v) is 2.22. The van der Waals surface area contributed by atoms with Gasteiger partial charge in [0.2, 0.25) is 5.91 Å². The summed E-state index contributed by atoms with van der Waals surface area (Å²) in [6, 6.07) is 5.56. The third kappa shape index (κ3) is 3.82. The van der Waals surface area contributed by atoms with Gasteiger partial charge in [0, 0.05) is 18.4 Å². The lowest BCUT2D eigenvalue weighted by atomic mass is 10.1. The van der Waals surface area contributed by atoms with Gasteiger partial charge in [0.1, 0.15) is 0 Å². The first-order chi connectivity index (χ1) is 8.24. The van der Waals surface area contributed by atoms with Crippen LogP contribution in [0.2, 0.25) is 0 Å². The number of aliphatic hydroxyl groups is 1. The van der Waals surface area contributed by atoms with Crippen LogP contribution in [0.25, 0.3) is 0 Å². The van der Waals surface area contributed by atoms with Gasteiger partial charge in [-0.1, -0.05) is 6.07 Å². The second-order valence-corrected chi connectivity index (χ2v) is 4.63. The molecule has 0 radical (unpaired) electrons. The molecule has 2 rings (SSSR count). The molecule has 4 nitrogen and oxygen atoms in total. The molecule has 92 valence electrons. The molecular weight excluding hydrogens is 216 g/mol. The number of rotatable bonds is 4. The van der Waals surface area contributed by atoms with Crippen molar-refractivity contribution in [3.05, 3.63) is 30.1 Å². The van der Waals surface area contributed by atoms with Crippen LogP contribution in [0.5, 0.6) is 0 Å². The predicted molar refractivity (Wildman–Crippen MR) is 64.3 cm³/mol. The number of nitrogens with zero attached hydrogens (tertiary/aromatic N) is 1. The summed E-state index contributed by atoms with van der Waals surface area (Å²) in [6.45, 7) is 0.669. The summed E-state index contributed by atoms with van der Waals surface area (Å²) in [4.78, 5) is 15.7. The molecule has 0 aromatic carbocycles. The summed E-state index contributed by atoms with van der Waals surface area (Å²) < 4.78 is 0. The summed E-state index contributed by atoms with van der Waals surface area (Å²) in [5.41, 5.74) is 0.788.